The maximum Gasteiger partial charge on any atom is 0.255 e. The number of halogens is 2. The van der Waals surface area contributed by atoms with Gasteiger partial charge in [0.05, 0.1) is 5.69 Å². The van der Waals surface area contributed by atoms with Crippen molar-refractivity contribution in [3.05, 3.63) is 64.7 Å². The number of hydrogen-bond donors (Lipinski definition) is 2. The largest absolute Gasteiger partial charge is 0.389 e. The molecule has 0 aliphatic heterocycles. The van der Waals surface area contributed by atoms with Crippen molar-refractivity contribution in [2.45, 2.75) is 6.92 Å². The first kappa shape index (κ1) is 15.1. The van der Waals surface area contributed by atoms with Gasteiger partial charge in [0.2, 0.25) is 0 Å². The number of nitrogens with one attached hydrogen (secondary N) is 1. The fourth-order valence-electron chi connectivity index (χ4n) is 1.70. The van der Waals surface area contributed by atoms with E-state index in [0.717, 1.165) is 12.1 Å². The second kappa shape index (κ2) is 5.97. The maximum absolute atomic E-state index is 13.8. The molecule has 21 heavy (non-hydrogen) atoms. The van der Waals surface area contributed by atoms with Gasteiger partial charge in [0.15, 0.2) is 0 Å². The van der Waals surface area contributed by atoms with Crippen molar-refractivity contribution in [2.75, 3.05) is 5.32 Å². The van der Waals surface area contributed by atoms with Gasteiger partial charge >= 0.3 is 0 Å². The molecular formula is C15H12F2N2OS. The second-order valence-electron chi connectivity index (χ2n) is 4.48. The van der Waals surface area contributed by atoms with E-state index >= 15 is 0 Å². The normalized spacial score (nSPS) is 10.2. The van der Waals surface area contributed by atoms with E-state index in [9.17, 15) is 13.6 Å². The lowest BCUT2D eigenvalue weighted by molar-refractivity contribution is 0.102. The van der Waals surface area contributed by atoms with E-state index in [1.54, 1.807) is 6.92 Å². The Hall–Kier alpha value is -2.34. The minimum absolute atomic E-state index is 0.0269. The summed E-state index contributed by atoms with van der Waals surface area (Å²) < 4.78 is 27.2. The van der Waals surface area contributed by atoms with Crippen LogP contribution in [0.5, 0.6) is 0 Å². The highest BCUT2D eigenvalue weighted by molar-refractivity contribution is 7.80. The van der Waals surface area contributed by atoms with E-state index in [-0.39, 0.29) is 16.2 Å². The number of amides is 1. The minimum atomic E-state index is -0.666. The van der Waals surface area contributed by atoms with Crippen LogP contribution >= 0.6 is 12.2 Å². The lowest BCUT2D eigenvalue weighted by atomic mass is 10.1. The quantitative estimate of drug-likeness (QED) is 0.857. The summed E-state index contributed by atoms with van der Waals surface area (Å²) in [5, 5.41) is 2.37. The summed E-state index contributed by atoms with van der Waals surface area (Å²) >= 11 is 4.74. The number of rotatable bonds is 3. The maximum atomic E-state index is 13.8. The zero-order chi connectivity index (χ0) is 15.6. The highest BCUT2D eigenvalue weighted by atomic mass is 32.1. The number of thiocarbonyl (C=S) groups is 1. The summed E-state index contributed by atoms with van der Waals surface area (Å²) in [5.41, 5.74) is 6.26. The third-order valence-electron chi connectivity index (χ3n) is 2.94. The van der Waals surface area contributed by atoms with Gasteiger partial charge in [-0.25, -0.2) is 8.78 Å². The molecule has 2 rings (SSSR count). The van der Waals surface area contributed by atoms with Crippen LogP contribution in [0.3, 0.4) is 0 Å². The second-order valence-corrected chi connectivity index (χ2v) is 4.92. The number of nitrogens with two attached hydrogens (primary N) is 1. The average Bonchev–Trinajstić information content (AvgIpc) is 2.43. The van der Waals surface area contributed by atoms with Gasteiger partial charge in [-0.05, 0) is 42.8 Å². The molecule has 3 N–H and O–H groups in total. The summed E-state index contributed by atoms with van der Waals surface area (Å²) in [4.78, 5) is 12.0. The summed E-state index contributed by atoms with van der Waals surface area (Å²) in [6.45, 7) is 1.59. The van der Waals surface area contributed by atoms with Crippen molar-refractivity contribution in [3.8, 4) is 0 Å². The Morgan fingerprint density at radius 2 is 1.71 bits per heavy atom. The number of hydrogen-bond acceptors (Lipinski definition) is 2. The molecule has 0 saturated heterocycles. The molecule has 0 fully saturated rings. The van der Waals surface area contributed by atoms with E-state index in [0.29, 0.717) is 11.1 Å². The molecule has 0 heterocycles. The molecule has 0 unspecified atom stereocenters. The zero-order valence-corrected chi connectivity index (χ0v) is 11.9. The number of carbonyl (C=O) groups is 1. The van der Waals surface area contributed by atoms with Gasteiger partial charge in [0.1, 0.15) is 16.6 Å². The third-order valence-corrected chi connectivity index (χ3v) is 3.17. The van der Waals surface area contributed by atoms with Gasteiger partial charge in [0, 0.05) is 11.1 Å². The summed E-state index contributed by atoms with van der Waals surface area (Å²) in [5.74, 6) is -1.76. The van der Waals surface area contributed by atoms with Gasteiger partial charge in [-0.3, -0.25) is 4.79 Å². The summed E-state index contributed by atoms with van der Waals surface area (Å²) in [6, 6.07) is 8.04. The topological polar surface area (TPSA) is 55.1 Å². The Bertz CT molecular complexity index is 732. The lowest BCUT2D eigenvalue weighted by Crippen LogP contribution is -2.15. The third kappa shape index (κ3) is 3.41. The zero-order valence-electron chi connectivity index (χ0n) is 11.1. The molecular weight excluding hydrogens is 294 g/mol. The summed E-state index contributed by atoms with van der Waals surface area (Å²) in [7, 11) is 0. The van der Waals surface area contributed by atoms with E-state index in [4.69, 9.17) is 18.0 Å². The first-order valence-corrected chi connectivity index (χ1v) is 6.46. The first-order chi connectivity index (χ1) is 9.88. The molecule has 6 heteroatoms. The molecule has 2 aromatic rings. The average molecular weight is 306 g/mol. The predicted molar refractivity (Wildman–Crippen MR) is 81.4 cm³/mol. The highest BCUT2D eigenvalue weighted by Crippen LogP contribution is 2.17. The molecule has 0 bridgehead atoms. The predicted octanol–water partition coefficient (Wildman–Crippen LogP) is 3.16. The molecule has 0 aromatic heterocycles. The fraction of sp³-hybridized carbons (Fsp3) is 0.0667. The van der Waals surface area contributed by atoms with Crippen LogP contribution < -0.4 is 11.1 Å². The Morgan fingerprint density at radius 1 is 1.10 bits per heavy atom. The minimum Gasteiger partial charge on any atom is -0.389 e. The number of benzene rings is 2. The standard InChI is InChI=1S/C15H12F2N2OS/c1-8-2-3-10(7-11(8)16)15(20)19-13-5-4-9(14(18)21)6-12(13)17/h2-7H,1H3,(H2,18,21)(H,19,20). The van der Waals surface area contributed by atoms with Crippen LogP contribution in [0.2, 0.25) is 0 Å². The Balaban J connectivity index is 2.23. The van der Waals surface area contributed by atoms with Crippen molar-refractivity contribution in [3.63, 3.8) is 0 Å². The van der Waals surface area contributed by atoms with Crippen LogP contribution in [0.25, 0.3) is 0 Å². The molecule has 3 nitrogen and oxygen atoms in total. The molecule has 0 spiro atoms. The first-order valence-electron chi connectivity index (χ1n) is 6.05. The van der Waals surface area contributed by atoms with Crippen molar-refractivity contribution >= 4 is 28.8 Å². The van der Waals surface area contributed by atoms with Gasteiger partial charge in [0.25, 0.3) is 5.91 Å². The number of carbonyl (C=O) groups excluding carboxylic acids is 1. The summed E-state index contributed by atoms with van der Waals surface area (Å²) in [6.07, 6.45) is 0. The molecule has 0 aliphatic rings. The molecule has 0 radical (unpaired) electrons. The smallest absolute Gasteiger partial charge is 0.255 e. The molecule has 1 amide bonds. The van der Waals surface area contributed by atoms with Crippen molar-refractivity contribution in [2.24, 2.45) is 5.73 Å². The van der Waals surface area contributed by atoms with Gasteiger partial charge in [-0.15, -0.1) is 0 Å². The Labute approximate surface area is 125 Å². The fourth-order valence-corrected chi connectivity index (χ4v) is 1.83. The Kier molecular flexibility index (Phi) is 4.28. The molecule has 0 atom stereocenters. The van der Waals surface area contributed by atoms with Gasteiger partial charge in [-0.1, -0.05) is 18.3 Å². The number of anilines is 1. The lowest BCUT2D eigenvalue weighted by Gasteiger charge is -2.08. The molecule has 0 saturated carbocycles. The van der Waals surface area contributed by atoms with E-state index < -0.39 is 17.5 Å². The Morgan fingerprint density at radius 3 is 2.29 bits per heavy atom. The van der Waals surface area contributed by atoms with Crippen molar-refractivity contribution in [1.82, 2.24) is 0 Å². The van der Waals surface area contributed by atoms with Gasteiger partial charge in [-0.2, -0.15) is 0 Å². The van der Waals surface area contributed by atoms with E-state index in [1.165, 1.54) is 24.3 Å². The SMILES string of the molecule is Cc1ccc(C(=O)Nc2ccc(C(N)=S)cc2F)cc1F. The molecule has 0 aliphatic carbocycles. The molecule has 2 aromatic carbocycles. The van der Waals surface area contributed by atoms with Crippen LogP contribution in [-0.4, -0.2) is 10.9 Å². The van der Waals surface area contributed by atoms with Crippen molar-refractivity contribution in [1.29, 1.82) is 0 Å². The van der Waals surface area contributed by atoms with E-state index in [2.05, 4.69) is 5.32 Å². The van der Waals surface area contributed by atoms with Crippen LogP contribution in [0.15, 0.2) is 36.4 Å². The van der Waals surface area contributed by atoms with Crippen LogP contribution in [-0.2, 0) is 0 Å². The van der Waals surface area contributed by atoms with Crippen LogP contribution in [0, 0.1) is 18.6 Å². The number of aryl methyl sites for hydroxylation is 1. The van der Waals surface area contributed by atoms with Gasteiger partial charge < -0.3 is 11.1 Å². The molecule has 108 valence electrons. The monoisotopic (exact) mass is 306 g/mol. The van der Waals surface area contributed by atoms with Crippen molar-refractivity contribution < 1.29 is 13.6 Å². The van der Waals surface area contributed by atoms with Crippen LogP contribution in [0.4, 0.5) is 14.5 Å². The van der Waals surface area contributed by atoms with E-state index in [1.807, 2.05) is 0 Å². The highest BCUT2D eigenvalue weighted by Gasteiger charge is 2.12. The van der Waals surface area contributed by atoms with Crippen LogP contribution in [0.1, 0.15) is 21.5 Å².